The van der Waals surface area contributed by atoms with Gasteiger partial charge in [-0.1, -0.05) is 26.0 Å². The van der Waals surface area contributed by atoms with Crippen LogP contribution in [0.1, 0.15) is 62.6 Å². The molecular formula is C21H26F3N3O3. The Labute approximate surface area is 173 Å². The molecule has 0 saturated carbocycles. The molecule has 2 N–H and O–H groups in total. The Morgan fingerprint density at radius 2 is 1.87 bits per heavy atom. The Balaban J connectivity index is 2.52. The predicted octanol–water partition coefficient (Wildman–Crippen LogP) is 5.39. The van der Waals surface area contributed by atoms with Crippen molar-refractivity contribution in [2.24, 2.45) is 0 Å². The zero-order valence-electron chi connectivity index (χ0n) is 17.2. The molecule has 0 aliphatic rings. The van der Waals surface area contributed by atoms with Gasteiger partial charge in [0.05, 0.1) is 24.5 Å². The van der Waals surface area contributed by atoms with Gasteiger partial charge >= 0.3 is 12.1 Å². The third-order valence-corrected chi connectivity index (χ3v) is 4.68. The lowest BCUT2D eigenvalue weighted by molar-refractivity contribution is -0.222. The first-order valence-electron chi connectivity index (χ1n) is 9.81. The number of aromatic nitrogens is 2. The second kappa shape index (κ2) is 10.4. The summed E-state index contributed by atoms with van der Waals surface area (Å²) in [7, 11) is 0. The quantitative estimate of drug-likeness (QED) is 0.531. The number of halogens is 3. The van der Waals surface area contributed by atoms with Crippen LogP contribution in [0.4, 0.5) is 24.5 Å². The molecule has 0 radical (unpaired) electrons. The highest BCUT2D eigenvalue weighted by Gasteiger charge is 2.43. The molecule has 0 saturated heterocycles. The minimum Gasteiger partial charge on any atom is -0.481 e. The molecule has 0 bridgehead atoms. The summed E-state index contributed by atoms with van der Waals surface area (Å²) in [4.78, 5) is 19.5. The molecule has 1 aromatic heterocycles. The van der Waals surface area contributed by atoms with E-state index in [1.54, 1.807) is 6.07 Å². The smallest absolute Gasteiger partial charge is 0.418 e. The van der Waals surface area contributed by atoms with E-state index in [0.717, 1.165) is 0 Å². The molecule has 1 heterocycles. The van der Waals surface area contributed by atoms with Gasteiger partial charge in [-0.05, 0) is 30.9 Å². The highest BCUT2D eigenvalue weighted by atomic mass is 19.4. The maximum atomic E-state index is 13.7. The third-order valence-electron chi connectivity index (χ3n) is 4.68. The van der Waals surface area contributed by atoms with Crippen LogP contribution in [0.2, 0.25) is 0 Å². The minimum atomic E-state index is -4.61. The lowest BCUT2D eigenvalue weighted by atomic mass is 9.91. The summed E-state index contributed by atoms with van der Waals surface area (Å²) in [5.41, 5.74) is 1.15. The maximum Gasteiger partial charge on any atom is 0.418 e. The first-order chi connectivity index (χ1) is 14.2. The molecule has 164 valence electrons. The number of carboxylic acids is 1. The van der Waals surface area contributed by atoms with E-state index in [-0.39, 0.29) is 30.2 Å². The van der Waals surface area contributed by atoms with Crippen molar-refractivity contribution in [3.63, 3.8) is 0 Å². The van der Waals surface area contributed by atoms with E-state index in [1.165, 1.54) is 31.5 Å². The van der Waals surface area contributed by atoms with Gasteiger partial charge in [0, 0.05) is 24.3 Å². The van der Waals surface area contributed by atoms with Crippen LogP contribution >= 0.6 is 0 Å². The molecule has 9 heteroatoms. The van der Waals surface area contributed by atoms with Gasteiger partial charge in [0.25, 0.3) is 0 Å². The van der Waals surface area contributed by atoms with Crippen molar-refractivity contribution >= 4 is 17.3 Å². The number of aliphatic carboxylic acids is 1. The molecule has 2 aromatic rings. The number of hydrogen-bond acceptors (Lipinski definition) is 5. The monoisotopic (exact) mass is 425 g/mol. The average molecular weight is 425 g/mol. The number of ether oxygens (including phenoxy) is 1. The van der Waals surface area contributed by atoms with Crippen molar-refractivity contribution in [3.8, 4) is 0 Å². The van der Waals surface area contributed by atoms with E-state index in [4.69, 9.17) is 9.84 Å². The van der Waals surface area contributed by atoms with Crippen LogP contribution in [-0.2, 0) is 16.0 Å². The Bertz CT molecular complexity index is 842. The van der Waals surface area contributed by atoms with Crippen LogP contribution < -0.4 is 5.32 Å². The minimum absolute atomic E-state index is 0.0853. The van der Waals surface area contributed by atoms with Gasteiger partial charge < -0.3 is 15.2 Å². The molecule has 1 aromatic carbocycles. The maximum absolute atomic E-state index is 13.7. The summed E-state index contributed by atoms with van der Waals surface area (Å²) in [6.45, 7) is 5.12. The largest absolute Gasteiger partial charge is 0.481 e. The molecule has 0 aliphatic heterocycles. The Morgan fingerprint density at radius 1 is 1.20 bits per heavy atom. The van der Waals surface area contributed by atoms with E-state index in [9.17, 15) is 18.0 Å². The number of alkyl halides is 3. The molecular weight excluding hydrogens is 399 g/mol. The molecule has 6 nitrogen and oxygen atoms in total. The summed E-state index contributed by atoms with van der Waals surface area (Å²) in [5, 5.41) is 12.1. The number of aryl methyl sites for hydroxylation is 1. The third kappa shape index (κ3) is 6.16. The van der Waals surface area contributed by atoms with Gasteiger partial charge in [0.1, 0.15) is 5.82 Å². The van der Waals surface area contributed by atoms with E-state index in [1.807, 2.05) is 13.8 Å². The van der Waals surface area contributed by atoms with Crippen LogP contribution in [0.5, 0.6) is 0 Å². The van der Waals surface area contributed by atoms with Crippen molar-refractivity contribution in [1.82, 2.24) is 9.97 Å². The predicted molar refractivity (Wildman–Crippen MR) is 107 cm³/mol. The number of carboxylic acid groups (broad SMARTS) is 1. The fraction of sp³-hybridized carbons (Fsp3) is 0.476. The SMILES string of the molecule is CCO[C@@H](c1ccc([C@H](CC)CC(=O)O)cc1Nc1cnc(CC)nc1)C(F)(F)F. The molecule has 30 heavy (non-hydrogen) atoms. The Hall–Kier alpha value is -2.68. The number of nitrogens with zero attached hydrogens (tertiary/aromatic N) is 2. The van der Waals surface area contributed by atoms with E-state index in [0.29, 0.717) is 29.9 Å². The van der Waals surface area contributed by atoms with Crippen molar-refractivity contribution in [2.75, 3.05) is 11.9 Å². The summed E-state index contributed by atoms with van der Waals surface area (Å²) in [6, 6.07) is 4.43. The second-order valence-electron chi connectivity index (χ2n) is 6.79. The van der Waals surface area contributed by atoms with E-state index >= 15 is 0 Å². The highest BCUT2D eigenvalue weighted by Crippen LogP contribution is 2.41. The summed E-state index contributed by atoms with van der Waals surface area (Å²) >= 11 is 0. The summed E-state index contributed by atoms with van der Waals surface area (Å²) in [5.74, 6) is -0.678. The van der Waals surface area contributed by atoms with E-state index in [2.05, 4.69) is 15.3 Å². The highest BCUT2D eigenvalue weighted by molar-refractivity contribution is 5.69. The molecule has 0 spiro atoms. The zero-order valence-corrected chi connectivity index (χ0v) is 17.2. The lowest BCUT2D eigenvalue weighted by Gasteiger charge is -2.25. The Kier molecular flexibility index (Phi) is 8.16. The van der Waals surface area contributed by atoms with Gasteiger partial charge in [-0.15, -0.1) is 0 Å². The van der Waals surface area contributed by atoms with Gasteiger partial charge in [0.2, 0.25) is 0 Å². The second-order valence-corrected chi connectivity index (χ2v) is 6.79. The van der Waals surface area contributed by atoms with Gasteiger partial charge in [-0.25, -0.2) is 9.97 Å². The van der Waals surface area contributed by atoms with Crippen molar-refractivity contribution < 1.29 is 27.8 Å². The van der Waals surface area contributed by atoms with Crippen LogP contribution in [0, 0.1) is 0 Å². The topological polar surface area (TPSA) is 84.3 Å². The number of anilines is 2. The molecule has 0 fully saturated rings. The number of hydrogen-bond donors (Lipinski definition) is 2. The van der Waals surface area contributed by atoms with Gasteiger partial charge in [-0.3, -0.25) is 4.79 Å². The molecule has 2 atom stereocenters. The lowest BCUT2D eigenvalue weighted by Crippen LogP contribution is -2.24. The van der Waals surface area contributed by atoms with Crippen LogP contribution in [0.25, 0.3) is 0 Å². The molecule has 0 unspecified atom stereocenters. The van der Waals surface area contributed by atoms with Crippen LogP contribution in [-0.4, -0.2) is 33.8 Å². The van der Waals surface area contributed by atoms with Crippen LogP contribution in [0.15, 0.2) is 30.6 Å². The van der Waals surface area contributed by atoms with Crippen molar-refractivity contribution in [1.29, 1.82) is 0 Å². The normalized spacial score (nSPS) is 13.7. The molecule has 2 rings (SSSR count). The summed E-state index contributed by atoms with van der Waals surface area (Å²) < 4.78 is 46.0. The first kappa shape index (κ1) is 23.6. The molecule has 0 amide bonds. The first-order valence-corrected chi connectivity index (χ1v) is 9.81. The number of nitrogens with one attached hydrogen (secondary N) is 1. The summed E-state index contributed by atoms with van der Waals surface area (Å²) in [6.07, 6.45) is -2.67. The fourth-order valence-corrected chi connectivity index (χ4v) is 3.16. The number of benzene rings is 1. The van der Waals surface area contributed by atoms with Crippen LogP contribution in [0.3, 0.4) is 0 Å². The average Bonchev–Trinajstić information content (AvgIpc) is 2.70. The van der Waals surface area contributed by atoms with Gasteiger partial charge in [-0.2, -0.15) is 13.2 Å². The number of rotatable bonds is 10. The van der Waals surface area contributed by atoms with E-state index < -0.39 is 18.2 Å². The van der Waals surface area contributed by atoms with Crippen molar-refractivity contribution in [2.45, 2.75) is 58.2 Å². The van der Waals surface area contributed by atoms with Crippen molar-refractivity contribution in [3.05, 3.63) is 47.5 Å². The van der Waals surface area contributed by atoms with Gasteiger partial charge in [0.15, 0.2) is 6.10 Å². The number of carbonyl (C=O) groups is 1. The Morgan fingerprint density at radius 3 is 2.37 bits per heavy atom. The fourth-order valence-electron chi connectivity index (χ4n) is 3.16. The molecule has 0 aliphatic carbocycles. The standard InChI is InChI=1S/C21H26F3N3O3/c1-4-13(10-19(28)29)14-7-8-16(20(30-6-3)21(22,23)24)17(9-14)27-15-11-25-18(5-2)26-12-15/h7-9,11-13,20,27H,4-6,10H2,1-3H3,(H,28,29)/t13-,20+/m1/s1. The zero-order chi connectivity index (χ0) is 22.3.